The molecule has 0 bridgehead atoms. The van der Waals surface area contributed by atoms with Crippen LogP contribution < -0.4 is 5.63 Å². The highest BCUT2D eigenvalue weighted by Crippen LogP contribution is 2.27. The lowest BCUT2D eigenvalue weighted by Crippen LogP contribution is -2.10. The SMILES string of the molecule is CCOC(=O)c1cc(=O)oc2ccc3ccccc3c12. The summed E-state index contributed by atoms with van der Waals surface area (Å²) in [5.74, 6) is -0.512. The Labute approximate surface area is 114 Å². The monoisotopic (exact) mass is 268 g/mol. The Balaban J connectivity index is 2.45. The minimum atomic E-state index is -0.559. The molecule has 20 heavy (non-hydrogen) atoms. The third-order valence-electron chi connectivity index (χ3n) is 3.13. The number of esters is 1. The summed E-state index contributed by atoms with van der Waals surface area (Å²) in [5, 5.41) is 2.44. The molecule has 0 aliphatic rings. The zero-order valence-electron chi connectivity index (χ0n) is 10.9. The van der Waals surface area contributed by atoms with E-state index in [9.17, 15) is 9.59 Å². The Hall–Kier alpha value is -2.62. The van der Waals surface area contributed by atoms with Crippen LogP contribution in [-0.2, 0) is 4.74 Å². The van der Waals surface area contributed by atoms with Crippen LogP contribution in [0.1, 0.15) is 17.3 Å². The van der Waals surface area contributed by atoms with Crippen molar-refractivity contribution in [1.29, 1.82) is 0 Å². The second kappa shape index (κ2) is 4.81. The van der Waals surface area contributed by atoms with Gasteiger partial charge in [0.05, 0.1) is 12.2 Å². The third kappa shape index (κ3) is 1.95. The van der Waals surface area contributed by atoms with Crippen LogP contribution in [0.5, 0.6) is 0 Å². The maximum atomic E-state index is 12.1. The molecule has 0 radical (unpaired) electrons. The Morgan fingerprint density at radius 2 is 2.00 bits per heavy atom. The summed E-state index contributed by atoms with van der Waals surface area (Å²) in [4.78, 5) is 23.6. The first-order valence-corrected chi connectivity index (χ1v) is 6.33. The van der Waals surface area contributed by atoms with E-state index in [1.54, 1.807) is 13.0 Å². The number of benzene rings is 2. The number of hydrogen-bond acceptors (Lipinski definition) is 4. The molecule has 0 saturated carbocycles. The molecule has 4 nitrogen and oxygen atoms in total. The van der Waals surface area contributed by atoms with Crippen LogP contribution in [0.4, 0.5) is 0 Å². The maximum absolute atomic E-state index is 12.1. The lowest BCUT2D eigenvalue weighted by molar-refractivity contribution is 0.0528. The molecular weight excluding hydrogens is 256 g/mol. The second-order valence-corrected chi connectivity index (χ2v) is 4.36. The van der Waals surface area contributed by atoms with Crippen molar-refractivity contribution in [2.24, 2.45) is 0 Å². The van der Waals surface area contributed by atoms with Gasteiger partial charge in [0.1, 0.15) is 5.58 Å². The largest absolute Gasteiger partial charge is 0.462 e. The van der Waals surface area contributed by atoms with Crippen molar-refractivity contribution in [3.63, 3.8) is 0 Å². The lowest BCUT2D eigenvalue weighted by Gasteiger charge is -2.07. The molecule has 0 atom stereocenters. The van der Waals surface area contributed by atoms with Crippen molar-refractivity contribution in [2.45, 2.75) is 6.92 Å². The molecule has 0 aliphatic heterocycles. The van der Waals surface area contributed by atoms with Crippen LogP contribution in [0.3, 0.4) is 0 Å². The number of rotatable bonds is 2. The number of fused-ring (bicyclic) bond motifs is 3. The Morgan fingerprint density at radius 1 is 1.20 bits per heavy atom. The minimum absolute atomic E-state index is 0.245. The van der Waals surface area contributed by atoms with Gasteiger partial charge in [0.15, 0.2) is 0 Å². The molecule has 0 saturated heterocycles. The fourth-order valence-corrected chi connectivity index (χ4v) is 2.31. The number of carbonyl (C=O) groups is 1. The van der Waals surface area contributed by atoms with E-state index < -0.39 is 11.6 Å². The van der Waals surface area contributed by atoms with Crippen LogP contribution in [0.15, 0.2) is 51.7 Å². The van der Waals surface area contributed by atoms with Gasteiger partial charge in [0.25, 0.3) is 0 Å². The van der Waals surface area contributed by atoms with Gasteiger partial charge >= 0.3 is 11.6 Å². The first-order valence-electron chi connectivity index (χ1n) is 6.33. The first-order chi connectivity index (χ1) is 9.70. The Kier molecular flexibility index (Phi) is 2.99. The molecule has 0 aliphatic carbocycles. The van der Waals surface area contributed by atoms with Crippen molar-refractivity contribution in [1.82, 2.24) is 0 Å². The van der Waals surface area contributed by atoms with Crippen molar-refractivity contribution in [3.8, 4) is 0 Å². The summed E-state index contributed by atoms with van der Waals surface area (Å²) >= 11 is 0. The molecule has 0 N–H and O–H groups in total. The van der Waals surface area contributed by atoms with Gasteiger partial charge in [-0.15, -0.1) is 0 Å². The minimum Gasteiger partial charge on any atom is -0.462 e. The van der Waals surface area contributed by atoms with Gasteiger partial charge in [-0.05, 0) is 23.8 Å². The summed E-state index contributed by atoms with van der Waals surface area (Å²) < 4.78 is 10.2. The summed E-state index contributed by atoms with van der Waals surface area (Å²) in [6, 6.07) is 12.4. The van der Waals surface area contributed by atoms with Crippen molar-refractivity contribution in [2.75, 3.05) is 6.61 Å². The summed E-state index contributed by atoms with van der Waals surface area (Å²) in [7, 11) is 0. The second-order valence-electron chi connectivity index (χ2n) is 4.36. The van der Waals surface area contributed by atoms with Gasteiger partial charge in [0, 0.05) is 11.5 Å². The fourth-order valence-electron chi connectivity index (χ4n) is 2.31. The molecule has 0 amide bonds. The molecule has 1 heterocycles. The van der Waals surface area contributed by atoms with E-state index in [4.69, 9.17) is 9.15 Å². The van der Waals surface area contributed by atoms with Crippen molar-refractivity contribution in [3.05, 3.63) is 58.4 Å². The quantitative estimate of drug-likeness (QED) is 0.407. The van der Waals surface area contributed by atoms with E-state index in [-0.39, 0.29) is 12.2 Å². The lowest BCUT2D eigenvalue weighted by atomic mass is 10.0. The predicted molar refractivity (Wildman–Crippen MR) is 75.9 cm³/mol. The van der Waals surface area contributed by atoms with Gasteiger partial charge in [-0.3, -0.25) is 0 Å². The van der Waals surface area contributed by atoms with Crippen LogP contribution in [0.2, 0.25) is 0 Å². The van der Waals surface area contributed by atoms with Crippen molar-refractivity contribution >= 4 is 27.7 Å². The van der Waals surface area contributed by atoms with Gasteiger partial charge in [-0.1, -0.05) is 30.3 Å². The normalized spacial score (nSPS) is 10.8. The highest BCUT2D eigenvalue weighted by molar-refractivity contribution is 6.14. The highest BCUT2D eigenvalue weighted by atomic mass is 16.5. The third-order valence-corrected chi connectivity index (χ3v) is 3.13. The van der Waals surface area contributed by atoms with Crippen LogP contribution in [0.25, 0.3) is 21.7 Å². The van der Waals surface area contributed by atoms with Crippen LogP contribution in [0, 0.1) is 0 Å². The highest BCUT2D eigenvalue weighted by Gasteiger charge is 2.16. The molecule has 100 valence electrons. The zero-order valence-corrected chi connectivity index (χ0v) is 10.9. The molecule has 4 heteroatoms. The molecule has 2 aromatic carbocycles. The Morgan fingerprint density at radius 3 is 2.80 bits per heavy atom. The maximum Gasteiger partial charge on any atom is 0.339 e. The molecule has 1 aromatic heterocycles. The average Bonchev–Trinajstić information content (AvgIpc) is 2.46. The summed E-state index contributed by atoms with van der Waals surface area (Å²) in [5.41, 5.74) is 0.0741. The molecule has 0 fully saturated rings. The van der Waals surface area contributed by atoms with Gasteiger partial charge < -0.3 is 9.15 Å². The number of hydrogen-bond donors (Lipinski definition) is 0. The Bertz CT molecular complexity index is 861. The topological polar surface area (TPSA) is 56.5 Å². The standard InChI is InChI=1S/C16H12O4/c1-2-19-16(18)12-9-14(17)20-13-8-7-10-5-3-4-6-11(10)15(12)13/h3-9H,2H2,1H3. The molecule has 3 aromatic rings. The average molecular weight is 268 g/mol. The van der Waals surface area contributed by atoms with E-state index in [1.165, 1.54) is 6.07 Å². The molecule has 0 unspecified atom stereocenters. The van der Waals surface area contributed by atoms with Gasteiger partial charge in [-0.2, -0.15) is 0 Å². The number of ether oxygens (including phenoxy) is 1. The first kappa shape index (κ1) is 12.4. The van der Waals surface area contributed by atoms with Gasteiger partial charge in [0.2, 0.25) is 0 Å². The number of carbonyl (C=O) groups excluding carboxylic acids is 1. The summed E-state index contributed by atoms with van der Waals surface area (Å²) in [6.07, 6.45) is 0. The van der Waals surface area contributed by atoms with E-state index in [2.05, 4.69) is 0 Å². The van der Waals surface area contributed by atoms with E-state index in [0.717, 1.165) is 10.8 Å². The van der Waals surface area contributed by atoms with Gasteiger partial charge in [-0.25, -0.2) is 9.59 Å². The summed E-state index contributed by atoms with van der Waals surface area (Å²) in [6.45, 7) is 1.98. The van der Waals surface area contributed by atoms with Crippen LogP contribution in [-0.4, -0.2) is 12.6 Å². The van der Waals surface area contributed by atoms with E-state index in [0.29, 0.717) is 11.0 Å². The smallest absolute Gasteiger partial charge is 0.339 e. The predicted octanol–water partition coefficient (Wildman–Crippen LogP) is 3.12. The van der Waals surface area contributed by atoms with Crippen LogP contribution >= 0.6 is 0 Å². The van der Waals surface area contributed by atoms with E-state index in [1.807, 2.05) is 30.3 Å². The fraction of sp³-hybridized carbons (Fsp3) is 0.125. The molecule has 3 rings (SSSR count). The molecular formula is C16H12O4. The van der Waals surface area contributed by atoms with Crippen molar-refractivity contribution < 1.29 is 13.9 Å². The van der Waals surface area contributed by atoms with E-state index >= 15 is 0 Å². The zero-order chi connectivity index (χ0) is 14.1. The molecule has 0 spiro atoms.